The highest BCUT2D eigenvalue weighted by Crippen LogP contribution is 2.37. The van der Waals surface area contributed by atoms with E-state index in [1.165, 1.54) is 0 Å². The van der Waals surface area contributed by atoms with Crippen LogP contribution in [0.2, 0.25) is 0 Å². The van der Waals surface area contributed by atoms with Gasteiger partial charge in [-0.05, 0) is 41.5 Å². The Morgan fingerprint density at radius 2 is 1.56 bits per heavy atom. The van der Waals surface area contributed by atoms with Crippen LogP contribution < -0.4 is 10.1 Å². The van der Waals surface area contributed by atoms with Gasteiger partial charge in [0.15, 0.2) is 0 Å². The van der Waals surface area contributed by atoms with Crippen LogP contribution in [0.4, 0.5) is 5.69 Å². The molecule has 4 heteroatoms. The van der Waals surface area contributed by atoms with Crippen molar-refractivity contribution < 1.29 is 14.3 Å². The number of para-hydroxylation sites is 1. The normalized spacial score (nSPS) is 15.4. The third-order valence-corrected chi connectivity index (χ3v) is 4.20. The first-order valence-electron chi connectivity index (χ1n) is 7.99. The van der Waals surface area contributed by atoms with Gasteiger partial charge in [-0.15, -0.1) is 0 Å². The first-order valence-corrected chi connectivity index (χ1v) is 7.99. The molecule has 1 atom stereocenters. The summed E-state index contributed by atoms with van der Waals surface area (Å²) in [5.74, 6) is -0.461. The summed E-state index contributed by atoms with van der Waals surface area (Å²) in [6.07, 6.45) is 0. The number of esters is 1. The van der Waals surface area contributed by atoms with Gasteiger partial charge in [-0.2, -0.15) is 0 Å². The topological polar surface area (TPSA) is 55.4 Å². The van der Waals surface area contributed by atoms with Crippen molar-refractivity contribution in [2.45, 2.75) is 5.92 Å². The Bertz CT molecular complexity index is 936. The van der Waals surface area contributed by atoms with Gasteiger partial charge >= 0.3 is 5.97 Å². The fraction of sp³-hybridized carbons (Fsp3) is 0.0476. The summed E-state index contributed by atoms with van der Waals surface area (Å²) in [7, 11) is 0. The number of ether oxygens (including phenoxy) is 1. The Labute approximate surface area is 145 Å². The van der Waals surface area contributed by atoms with Crippen LogP contribution >= 0.6 is 0 Å². The van der Waals surface area contributed by atoms with Crippen molar-refractivity contribution in [3.05, 3.63) is 95.6 Å². The molecule has 1 aliphatic rings. The van der Waals surface area contributed by atoms with Gasteiger partial charge in [0.25, 0.3) is 0 Å². The zero-order chi connectivity index (χ0) is 17.2. The minimum absolute atomic E-state index is 0.0882. The Hall–Kier alpha value is -3.40. The number of hydrogen-bond acceptors (Lipinski definition) is 3. The van der Waals surface area contributed by atoms with Gasteiger partial charge in [0, 0.05) is 5.69 Å². The lowest BCUT2D eigenvalue weighted by Gasteiger charge is -2.10. The van der Waals surface area contributed by atoms with E-state index in [1.54, 1.807) is 42.5 Å². The number of nitrogens with one attached hydrogen (secondary N) is 1. The average molecular weight is 329 g/mol. The van der Waals surface area contributed by atoms with Gasteiger partial charge in [0.2, 0.25) is 5.91 Å². The third kappa shape index (κ3) is 2.90. The van der Waals surface area contributed by atoms with Crippen LogP contribution in [0.15, 0.2) is 78.9 Å². The second kappa shape index (κ2) is 6.24. The van der Waals surface area contributed by atoms with E-state index in [-0.39, 0.29) is 5.91 Å². The van der Waals surface area contributed by atoms with Gasteiger partial charge in [-0.25, -0.2) is 4.79 Å². The first kappa shape index (κ1) is 15.1. The van der Waals surface area contributed by atoms with Crippen LogP contribution in [0.5, 0.6) is 5.75 Å². The van der Waals surface area contributed by atoms with Gasteiger partial charge in [-0.3, -0.25) is 4.79 Å². The maximum atomic E-state index is 12.4. The smallest absolute Gasteiger partial charge is 0.343 e. The summed E-state index contributed by atoms with van der Waals surface area (Å²) in [6, 6.07) is 23.6. The number of hydrogen-bond donors (Lipinski definition) is 1. The Kier molecular flexibility index (Phi) is 3.78. The summed E-state index contributed by atoms with van der Waals surface area (Å²) in [5.41, 5.74) is 2.83. The average Bonchev–Trinajstić information content (AvgIpc) is 2.98. The molecule has 1 unspecified atom stereocenters. The number of benzene rings is 3. The SMILES string of the molecule is O=C(Oc1ccccc1)c1ccc2c(c1)C(c1ccccc1)C(=O)N2. The molecule has 0 bridgehead atoms. The predicted octanol–water partition coefficient (Wildman–Crippen LogP) is 3.99. The number of amides is 1. The standard InChI is InChI=1S/C21H15NO3/c23-20-19(14-7-3-1-4-8-14)17-13-15(11-12-18(17)22-20)21(24)25-16-9-5-2-6-10-16/h1-13,19H,(H,22,23). The molecule has 0 fully saturated rings. The summed E-state index contributed by atoms with van der Waals surface area (Å²) in [6.45, 7) is 0. The molecule has 4 nitrogen and oxygen atoms in total. The second-order valence-corrected chi connectivity index (χ2v) is 5.84. The highest BCUT2D eigenvalue weighted by atomic mass is 16.5. The molecule has 3 aromatic rings. The fourth-order valence-electron chi connectivity index (χ4n) is 3.02. The molecule has 1 N–H and O–H groups in total. The van der Waals surface area contributed by atoms with E-state index in [9.17, 15) is 9.59 Å². The molecule has 3 aromatic carbocycles. The van der Waals surface area contributed by atoms with Crippen LogP contribution in [0, 0.1) is 0 Å². The van der Waals surface area contributed by atoms with Gasteiger partial charge in [0.1, 0.15) is 5.75 Å². The zero-order valence-corrected chi connectivity index (χ0v) is 13.3. The largest absolute Gasteiger partial charge is 0.423 e. The zero-order valence-electron chi connectivity index (χ0n) is 13.3. The summed E-state index contributed by atoms with van der Waals surface area (Å²) >= 11 is 0. The maximum absolute atomic E-state index is 12.4. The highest BCUT2D eigenvalue weighted by Gasteiger charge is 2.32. The van der Waals surface area contributed by atoms with Gasteiger partial charge in [0.05, 0.1) is 11.5 Å². The van der Waals surface area contributed by atoms with Crippen LogP contribution in [0.25, 0.3) is 0 Å². The molecule has 0 saturated carbocycles. The van der Waals surface area contributed by atoms with Gasteiger partial charge < -0.3 is 10.1 Å². The molecule has 1 heterocycles. The van der Waals surface area contributed by atoms with Crippen LogP contribution in [0.1, 0.15) is 27.4 Å². The molecule has 0 aliphatic carbocycles. The third-order valence-electron chi connectivity index (χ3n) is 4.20. The number of fused-ring (bicyclic) bond motifs is 1. The minimum atomic E-state index is -0.444. The van der Waals surface area contributed by atoms with Crippen molar-refractivity contribution in [3.8, 4) is 5.75 Å². The van der Waals surface area contributed by atoms with Crippen molar-refractivity contribution in [2.75, 3.05) is 5.32 Å². The summed E-state index contributed by atoms with van der Waals surface area (Å²) in [5, 5.41) is 2.87. The van der Waals surface area contributed by atoms with Crippen molar-refractivity contribution in [1.29, 1.82) is 0 Å². The molecule has 4 rings (SSSR count). The van der Waals surface area contributed by atoms with Crippen molar-refractivity contribution >= 4 is 17.6 Å². The fourth-order valence-corrected chi connectivity index (χ4v) is 3.02. The summed E-state index contributed by atoms with van der Waals surface area (Å²) < 4.78 is 5.38. The second-order valence-electron chi connectivity index (χ2n) is 5.84. The van der Waals surface area contributed by atoms with E-state index in [0.29, 0.717) is 11.3 Å². The number of anilines is 1. The van der Waals surface area contributed by atoms with E-state index >= 15 is 0 Å². The predicted molar refractivity (Wildman–Crippen MR) is 94.8 cm³/mol. The Balaban J connectivity index is 1.67. The molecule has 0 radical (unpaired) electrons. The monoisotopic (exact) mass is 329 g/mol. The molecule has 0 saturated heterocycles. The van der Waals surface area contributed by atoms with E-state index in [1.807, 2.05) is 36.4 Å². The molecule has 0 aromatic heterocycles. The molecular formula is C21H15NO3. The maximum Gasteiger partial charge on any atom is 0.343 e. The van der Waals surface area contributed by atoms with Crippen LogP contribution in [0.3, 0.4) is 0 Å². The number of carbonyl (C=O) groups is 2. The Morgan fingerprint density at radius 3 is 2.28 bits per heavy atom. The minimum Gasteiger partial charge on any atom is -0.423 e. The molecule has 25 heavy (non-hydrogen) atoms. The molecule has 0 spiro atoms. The van der Waals surface area contributed by atoms with Crippen molar-refractivity contribution in [1.82, 2.24) is 0 Å². The molecule has 1 amide bonds. The van der Waals surface area contributed by atoms with E-state index in [0.717, 1.165) is 16.8 Å². The molecular weight excluding hydrogens is 314 g/mol. The van der Waals surface area contributed by atoms with Crippen LogP contribution in [-0.4, -0.2) is 11.9 Å². The van der Waals surface area contributed by atoms with E-state index < -0.39 is 11.9 Å². The molecule has 1 aliphatic heterocycles. The lowest BCUT2D eigenvalue weighted by Crippen LogP contribution is -2.13. The van der Waals surface area contributed by atoms with E-state index in [4.69, 9.17) is 4.74 Å². The Morgan fingerprint density at radius 1 is 0.880 bits per heavy atom. The summed E-state index contributed by atoms with van der Waals surface area (Å²) in [4.78, 5) is 24.8. The lowest BCUT2D eigenvalue weighted by molar-refractivity contribution is -0.116. The number of carbonyl (C=O) groups excluding carboxylic acids is 2. The first-order chi connectivity index (χ1) is 12.2. The highest BCUT2D eigenvalue weighted by molar-refractivity contribution is 6.06. The van der Waals surface area contributed by atoms with E-state index in [2.05, 4.69) is 5.32 Å². The molecule has 122 valence electrons. The lowest BCUT2D eigenvalue weighted by atomic mass is 9.91. The van der Waals surface area contributed by atoms with Crippen molar-refractivity contribution in [3.63, 3.8) is 0 Å². The van der Waals surface area contributed by atoms with Crippen molar-refractivity contribution in [2.24, 2.45) is 0 Å². The quantitative estimate of drug-likeness (QED) is 0.584. The number of rotatable bonds is 3. The van der Waals surface area contributed by atoms with Gasteiger partial charge in [-0.1, -0.05) is 48.5 Å². The van der Waals surface area contributed by atoms with Crippen LogP contribution in [-0.2, 0) is 4.79 Å².